The topological polar surface area (TPSA) is 45.7 Å². The maximum atomic E-state index is 5.32. The van der Waals surface area contributed by atoms with Crippen LogP contribution in [0.4, 0.5) is 0 Å². The maximum Gasteiger partial charge on any atom is 0.191 e. The van der Waals surface area contributed by atoms with Crippen molar-refractivity contribution in [2.45, 2.75) is 12.8 Å². The fraction of sp³-hybridized carbons (Fsp3) is 0.381. The van der Waals surface area contributed by atoms with Gasteiger partial charge in [-0.3, -0.25) is 4.99 Å². The molecular weight excluding hydrogens is 310 g/mol. The van der Waals surface area contributed by atoms with Crippen molar-refractivity contribution in [3.05, 3.63) is 71.8 Å². The van der Waals surface area contributed by atoms with Crippen LogP contribution >= 0.6 is 0 Å². The van der Waals surface area contributed by atoms with Crippen LogP contribution in [0.5, 0.6) is 0 Å². The van der Waals surface area contributed by atoms with Crippen molar-refractivity contribution in [1.82, 2.24) is 10.6 Å². The van der Waals surface area contributed by atoms with Gasteiger partial charge in [0.1, 0.15) is 0 Å². The first-order valence-electron chi connectivity index (χ1n) is 8.82. The first-order valence-corrected chi connectivity index (χ1v) is 8.82. The summed E-state index contributed by atoms with van der Waals surface area (Å²) in [5.74, 6) is 1.12. The number of hydrogen-bond acceptors (Lipinski definition) is 2. The third-order valence-corrected chi connectivity index (χ3v) is 4.68. The van der Waals surface area contributed by atoms with Crippen LogP contribution in [-0.2, 0) is 4.74 Å². The molecule has 1 aliphatic heterocycles. The lowest BCUT2D eigenvalue weighted by Gasteiger charge is -2.38. The summed E-state index contributed by atoms with van der Waals surface area (Å²) in [5, 5.41) is 6.91. The number of nitrogens with one attached hydrogen (secondary N) is 2. The van der Waals surface area contributed by atoms with Crippen molar-refractivity contribution in [1.29, 1.82) is 0 Å². The molecule has 0 saturated carbocycles. The molecule has 132 valence electrons. The number of nitrogens with zero attached hydrogens (tertiary/aromatic N) is 1. The summed E-state index contributed by atoms with van der Waals surface area (Å²) >= 11 is 0. The first-order chi connectivity index (χ1) is 12.2. The second kappa shape index (κ2) is 8.17. The zero-order chi connectivity index (χ0) is 17.5. The molecule has 2 aromatic carbocycles. The van der Waals surface area contributed by atoms with Crippen LogP contribution in [-0.4, -0.2) is 39.3 Å². The van der Waals surface area contributed by atoms with Crippen LogP contribution < -0.4 is 10.6 Å². The summed E-state index contributed by atoms with van der Waals surface area (Å²) in [6.07, 6.45) is 0. The predicted octanol–water partition coefficient (Wildman–Crippen LogP) is 3.02. The first kappa shape index (κ1) is 17.5. The summed E-state index contributed by atoms with van der Waals surface area (Å²) in [6.45, 7) is 5.52. The average Bonchev–Trinajstić information content (AvgIpc) is 2.64. The minimum Gasteiger partial charge on any atom is -0.380 e. The molecule has 3 rings (SSSR count). The van der Waals surface area contributed by atoms with E-state index in [1.165, 1.54) is 11.1 Å². The van der Waals surface area contributed by atoms with E-state index in [1.807, 2.05) is 7.05 Å². The van der Waals surface area contributed by atoms with E-state index in [9.17, 15) is 0 Å². The van der Waals surface area contributed by atoms with Gasteiger partial charge in [-0.2, -0.15) is 0 Å². The zero-order valence-corrected chi connectivity index (χ0v) is 15.0. The molecule has 2 N–H and O–H groups in total. The van der Waals surface area contributed by atoms with Crippen molar-refractivity contribution in [2.24, 2.45) is 10.4 Å². The molecule has 0 radical (unpaired) electrons. The highest BCUT2D eigenvalue weighted by atomic mass is 16.5. The van der Waals surface area contributed by atoms with E-state index in [4.69, 9.17) is 4.74 Å². The van der Waals surface area contributed by atoms with E-state index in [2.05, 4.69) is 83.2 Å². The van der Waals surface area contributed by atoms with E-state index >= 15 is 0 Å². The van der Waals surface area contributed by atoms with Gasteiger partial charge >= 0.3 is 0 Å². The number of hydrogen-bond donors (Lipinski definition) is 2. The molecule has 1 aliphatic rings. The maximum absolute atomic E-state index is 5.32. The molecule has 0 amide bonds. The third-order valence-electron chi connectivity index (χ3n) is 4.68. The second-order valence-corrected chi connectivity index (χ2v) is 6.98. The Kier molecular flexibility index (Phi) is 5.71. The lowest BCUT2D eigenvalue weighted by atomic mass is 9.89. The molecule has 4 nitrogen and oxygen atoms in total. The highest BCUT2D eigenvalue weighted by molar-refractivity contribution is 5.79. The fourth-order valence-corrected chi connectivity index (χ4v) is 3.07. The Labute approximate surface area is 150 Å². The van der Waals surface area contributed by atoms with Gasteiger partial charge in [0.05, 0.1) is 13.2 Å². The van der Waals surface area contributed by atoms with E-state index in [0.29, 0.717) is 0 Å². The van der Waals surface area contributed by atoms with Crippen LogP contribution in [0, 0.1) is 5.41 Å². The quantitative estimate of drug-likeness (QED) is 0.629. The molecule has 1 fully saturated rings. The van der Waals surface area contributed by atoms with Crippen LogP contribution in [0.2, 0.25) is 0 Å². The highest BCUT2D eigenvalue weighted by Gasteiger charge is 2.33. The van der Waals surface area contributed by atoms with Crippen LogP contribution in [0.1, 0.15) is 24.0 Å². The lowest BCUT2D eigenvalue weighted by molar-refractivity contribution is -0.0971. The van der Waals surface area contributed by atoms with Crippen molar-refractivity contribution in [3.63, 3.8) is 0 Å². The van der Waals surface area contributed by atoms with E-state index in [-0.39, 0.29) is 11.3 Å². The predicted molar refractivity (Wildman–Crippen MR) is 103 cm³/mol. The standard InChI is InChI=1S/C21H27N3O/c1-21(15-25-16-21)14-24-20(22-2)23-13-19(17-9-5-3-6-10-17)18-11-7-4-8-12-18/h3-12,19H,13-16H2,1-2H3,(H2,22,23,24). The Bertz CT molecular complexity index is 641. The SMILES string of the molecule is CN=C(NCC(c1ccccc1)c1ccccc1)NCC1(C)COC1. The van der Waals surface area contributed by atoms with Gasteiger partial charge in [0, 0.05) is 31.5 Å². The van der Waals surface area contributed by atoms with Gasteiger partial charge in [-0.05, 0) is 11.1 Å². The van der Waals surface area contributed by atoms with Crippen molar-refractivity contribution in [2.75, 3.05) is 33.4 Å². The Morgan fingerprint density at radius 2 is 1.56 bits per heavy atom. The van der Waals surface area contributed by atoms with Gasteiger partial charge in [0.2, 0.25) is 0 Å². The van der Waals surface area contributed by atoms with Gasteiger partial charge in [-0.25, -0.2) is 0 Å². The molecule has 0 aliphatic carbocycles. The molecule has 0 bridgehead atoms. The number of ether oxygens (including phenoxy) is 1. The lowest BCUT2D eigenvalue weighted by Crippen LogP contribution is -2.51. The van der Waals surface area contributed by atoms with Crippen molar-refractivity contribution >= 4 is 5.96 Å². The van der Waals surface area contributed by atoms with Crippen LogP contribution in [0.25, 0.3) is 0 Å². The van der Waals surface area contributed by atoms with Gasteiger partial charge in [0.25, 0.3) is 0 Å². The summed E-state index contributed by atoms with van der Waals surface area (Å²) in [7, 11) is 1.81. The molecule has 0 aromatic heterocycles. The molecule has 4 heteroatoms. The zero-order valence-electron chi connectivity index (χ0n) is 15.0. The van der Waals surface area contributed by atoms with Crippen LogP contribution in [0.15, 0.2) is 65.7 Å². The summed E-state index contributed by atoms with van der Waals surface area (Å²) < 4.78 is 5.32. The largest absolute Gasteiger partial charge is 0.380 e. The molecule has 1 heterocycles. The Morgan fingerprint density at radius 3 is 2.00 bits per heavy atom. The fourth-order valence-electron chi connectivity index (χ4n) is 3.07. The molecule has 25 heavy (non-hydrogen) atoms. The molecule has 0 spiro atoms. The highest BCUT2D eigenvalue weighted by Crippen LogP contribution is 2.25. The van der Waals surface area contributed by atoms with E-state index in [0.717, 1.165) is 32.3 Å². The van der Waals surface area contributed by atoms with Gasteiger partial charge < -0.3 is 15.4 Å². The summed E-state index contributed by atoms with van der Waals surface area (Å²) in [4.78, 5) is 4.36. The van der Waals surface area contributed by atoms with Crippen molar-refractivity contribution < 1.29 is 4.74 Å². The normalized spacial score (nSPS) is 16.4. The molecule has 0 atom stereocenters. The number of guanidine groups is 1. The van der Waals surface area contributed by atoms with Gasteiger partial charge in [-0.15, -0.1) is 0 Å². The molecule has 0 unspecified atom stereocenters. The summed E-state index contributed by atoms with van der Waals surface area (Å²) in [5.41, 5.74) is 2.82. The van der Waals surface area contributed by atoms with Crippen molar-refractivity contribution in [3.8, 4) is 0 Å². The average molecular weight is 337 g/mol. The minimum absolute atomic E-state index is 0.218. The molecule has 1 saturated heterocycles. The summed E-state index contributed by atoms with van der Waals surface area (Å²) in [6, 6.07) is 21.2. The van der Waals surface area contributed by atoms with E-state index < -0.39 is 0 Å². The molecule has 2 aromatic rings. The number of rotatable bonds is 6. The third kappa shape index (κ3) is 4.60. The Hall–Kier alpha value is -2.33. The second-order valence-electron chi connectivity index (χ2n) is 6.98. The van der Waals surface area contributed by atoms with E-state index in [1.54, 1.807) is 0 Å². The van der Waals surface area contributed by atoms with Gasteiger partial charge in [-0.1, -0.05) is 67.6 Å². The number of aliphatic imine (C=N–C) groups is 1. The smallest absolute Gasteiger partial charge is 0.191 e. The number of benzene rings is 2. The Morgan fingerprint density at radius 1 is 1.00 bits per heavy atom. The van der Waals surface area contributed by atoms with Gasteiger partial charge in [0.15, 0.2) is 5.96 Å². The van der Waals surface area contributed by atoms with Crippen LogP contribution in [0.3, 0.4) is 0 Å². The molecular formula is C21H27N3O. The minimum atomic E-state index is 0.218. The monoisotopic (exact) mass is 337 g/mol. The Balaban J connectivity index is 1.65.